The third-order valence-electron chi connectivity index (χ3n) is 2.74. The summed E-state index contributed by atoms with van der Waals surface area (Å²) in [6.45, 7) is 1.93. The van der Waals surface area contributed by atoms with Crippen LogP contribution in [0.25, 0.3) is 23.0 Å². The van der Waals surface area contributed by atoms with E-state index < -0.39 is 0 Å². The lowest BCUT2D eigenvalue weighted by Crippen LogP contribution is -1.90. The molecule has 0 amide bonds. The first-order valence-corrected chi connectivity index (χ1v) is 5.70. The third-order valence-corrected chi connectivity index (χ3v) is 2.74. The molecule has 0 aliphatic rings. The molecule has 94 valence electrons. The van der Waals surface area contributed by atoms with Crippen LogP contribution in [0.3, 0.4) is 0 Å². The minimum Gasteiger partial charge on any atom is -0.399 e. The largest absolute Gasteiger partial charge is 0.399 e. The van der Waals surface area contributed by atoms with Crippen LogP contribution in [0.5, 0.6) is 0 Å². The third kappa shape index (κ3) is 2.15. The predicted octanol–water partition coefficient (Wildman–Crippen LogP) is 2.08. The number of rotatable bonds is 2. The van der Waals surface area contributed by atoms with Crippen LogP contribution in [0.1, 0.15) is 5.56 Å². The molecule has 0 radical (unpaired) electrons. The van der Waals surface area contributed by atoms with Gasteiger partial charge in [0.1, 0.15) is 5.69 Å². The summed E-state index contributed by atoms with van der Waals surface area (Å²) in [7, 11) is 0. The van der Waals surface area contributed by atoms with E-state index in [1.165, 1.54) is 0 Å². The predicted molar refractivity (Wildman–Crippen MR) is 69.9 cm³/mol. The van der Waals surface area contributed by atoms with Crippen molar-refractivity contribution in [3.63, 3.8) is 0 Å². The maximum Gasteiger partial charge on any atom is 0.258 e. The Morgan fingerprint density at radius 3 is 2.84 bits per heavy atom. The normalized spacial score (nSPS) is 10.6. The summed E-state index contributed by atoms with van der Waals surface area (Å²) in [4.78, 5) is 12.4. The lowest BCUT2D eigenvalue weighted by Gasteiger charge is -2.00. The molecule has 19 heavy (non-hydrogen) atoms. The molecule has 0 saturated carbocycles. The van der Waals surface area contributed by atoms with Gasteiger partial charge in [-0.15, -0.1) is 0 Å². The van der Waals surface area contributed by atoms with Crippen LogP contribution in [0.2, 0.25) is 0 Å². The summed E-state index contributed by atoms with van der Waals surface area (Å²) in [5, 5.41) is 3.90. The summed E-state index contributed by atoms with van der Waals surface area (Å²) >= 11 is 0. The zero-order chi connectivity index (χ0) is 13.2. The molecule has 6 heteroatoms. The van der Waals surface area contributed by atoms with Gasteiger partial charge in [-0.05, 0) is 30.7 Å². The first-order valence-electron chi connectivity index (χ1n) is 5.70. The van der Waals surface area contributed by atoms with Crippen LogP contribution in [0.15, 0.2) is 41.3 Å². The molecule has 0 aliphatic carbocycles. The summed E-state index contributed by atoms with van der Waals surface area (Å²) in [6.07, 6.45) is 4.76. The van der Waals surface area contributed by atoms with Crippen LogP contribution < -0.4 is 5.73 Å². The molecular formula is C13H11N5O. The van der Waals surface area contributed by atoms with Gasteiger partial charge in [-0.2, -0.15) is 4.98 Å². The number of benzene rings is 1. The number of anilines is 1. The fraction of sp³-hybridized carbons (Fsp3) is 0.0769. The number of hydrogen-bond acceptors (Lipinski definition) is 6. The molecule has 2 aromatic heterocycles. The smallest absolute Gasteiger partial charge is 0.258 e. The molecule has 3 rings (SSSR count). The highest BCUT2D eigenvalue weighted by Gasteiger charge is 2.12. The second kappa shape index (κ2) is 4.49. The molecule has 6 nitrogen and oxygen atoms in total. The molecule has 3 aromatic rings. The van der Waals surface area contributed by atoms with Crippen molar-refractivity contribution in [3.05, 3.63) is 42.4 Å². The molecule has 2 heterocycles. The average Bonchev–Trinajstić information content (AvgIpc) is 2.93. The van der Waals surface area contributed by atoms with Gasteiger partial charge >= 0.3 is 0 Å². The van der Waals surface area contributed by atoms with E-state index in [0.717, 1.165) is 16.8 Å². The highest BCUT2D eigenvalue weighted by atomic mass is 16.5. The van der Waals surface area contributed by atoms with Crippen LogP contribution in [0, 0.1) is 6.92 Å². The molecule has 0 atom stereocenters. The molecule has 0 spiro atoms. The Morgan fingerprint density at radius 2 is 2.11 bits per heavy atom. The van der Waals surface area contributed by atoms with E-state index in [9.17, 15) is 0 Å². The maximum absolute atomic E-state index is 5.78. The van der Waals surface area contributed by atoms with Gasteiger partial charge in [-0.3, -0.25) is 4.98 Å². The number of nitrogens with zero attached hydrogens (tertiary/aromatic N) is 4. The van der Waals surface area contributed by atoms with Crippen molar-refractivity contribution in [2.75, 3.05) is 5.73 Å². The van der Waals surface area contributed by atoms with Crippen molar-refractivity contribution >= 4 is 5.69 Å². The highest BCUT2D eigenvalue weighted by Crippen LogP contribution is 2.23. The van der Waals surface area contributed by atoms with Gasteiger partial charge in [0, 0.05) is 23.6 Å². The summed E-state index contributed by atoms with van der Waals surface area (Å²) in [6, 6.07) is 5.57. The fourth-order valence-electron chi connectivity index (χ4n) is 1.67. The maximum atomic E-state index is 5.78. The molecule has 0 unspecified atom stereocenters. The van der Waals surface area contributed by atoms with E-state index in [-0.39, 0.29) is 0 Å². The lowest BCUT2D eigenvalue weighted by atomic mass is 10.1. The number of hydrogen-bond donors (Lipinski definition) is 1. The van der Waals surface area contributed by atoms with E-state index in [4.69, 9.17) is 10.3 Å². The Bertz CT molecular complexity index is 708. The molecule has 0 fully saturated rings. The second-order valence-electron chi connectivity index (χ2n) is 4.09. The van der Waals surface area contributed by atoms with E-state index in [1.54, 1.807) is 18.6 Å². The fourth-order valence-corrected chi connectivity index (χ4v) is 1.67. The van der Waals surface area contributed by atoms with E-state index in [0.29, 0.717) is 17.4 Å². The highest BCUT2D eigenvalue weighted by molar-refractivity contribution is 5.62. The summed E-state index contributed by atoms with van der Waals surface area (Å²) < 4.78 is 5.23. The van der Waals surface area contributed by atoms with Gasteiger partial charge in [0.15, 0.2) is 0 Å². The van der Waals surface area contributed by atoms with Gasteiger partial charge in [0.25, 0.3) is 5.89 Å². The van der Waals surface area contributed by atoms with Crippen LogP contribution in [-0.2, 0) is 0 Å². The zero-order valence-electron chi connectivity index (χ0n) is 10.2. The zero-order valence-corrected chi connectivity index (χ0v) is 10.2. The number of aromatic nitrogens is 4. The Balaban J connectivity index is 1.99. The molecule has 1 aromatic carbocycles. The molecule has 2 N–H and O–H groups in total. The number of aryl methyl sites for hydroxylation is 1. The Hall–Kier alpha value is -2.76. The standard InChI is InChI=1S/C13H11N5O/c1-8-6-9(2-3-10(8)14)13-17-12(18-19-13)11-7-15-4-5-16-11/h2-7H,14H2,1H3. The number of nitrogens with two attached hydrogens (primary N) is 1. The van der Waals surface area contributed by atoms with Crippen molar-refractivity contribution < 1.29 is 4.52 Å². The van der Waals surface area contributed by atoms with E-state index in [2.05, 4.69) is 20.1 Å². The van der Waals surface area contributed by atoms with Crippen molar-refractivity contribution in [1.82, 2.24) is 20.1 Å². The first kappa shape index (κ1) is 11.3. The Labute approximate surface area is 109 Å². The van der Waals surface area contributed by atoms with E-state index in [1.807, 2.05) is 25.1 Å². The summed E-state index contributed by atoms with van der Waals surface area (Å²) in [5.74, 6) is 0.848. The van der Waals surface area contributed by atoms with Crippen LogP contribution in [0.4, 0.5) is 5.69 Å². The quantitative estimate of drug-likeness (QED) is 0.703. The van der Waals surface area contributed by atoms with Gasteiger partial charge in [0.05, 0.1) is 6.20 Å². The van der Waals surface area contributed by atoms with Gasteiger partial charge in [0.2, 0.25) is 5.82 Å². The Morgan fingerprint density at radius 1 is 1.21 bits per heavy atom. The monoisotopic (exact) mass is 253 g/mol. The molecule has 0 bridgehead atoms. The Kier molecular flexibility index (Phi) is 2.68. The second-order valence-corrected chi connectivity index (χ2v) is 4.09. The topological polar surface area (TPSA) is 90.7 Å². The number of nitrogen functional groups attached to an aromatic ring is 1. The molecular weight excluding hydrogens is 242 g/mol. The van der Waals surface area contributed by atoms with Crippen LogP contribution >= 0.6 is 0 Å². The molecule has 0 aliphatic heterocycles. The summed E-state index contributed by atoms with van der Waals surface area (Å²) in [5.41, 5.74) is 8.88. The van der Waals surface area contributed by atoms with E-state index >= 15 is 0 Å². The average molecular weight is 253 g/mol. The van der Waals surface area contributed by atoms with Crippen molar-refractivity contribution in [3.8, 4) is 23.0 Å². The van der Waals surface area contributed by atoms with Crippen molar-refractivity contribution in [2.24, 2.45) is 0 Å². The SMILES string of the molecule is Cc1cc(-c2nc(-c3cnccn3)no2)ccc1N. The lowest BCUT2D eigenvalue weighted by molar-refractivity contribution is 0.432. The first-order chi connectivity index (χ1) is 9.24. The molecule has 0 saturated heterocycles. The van der Waals surface area contributed by atoms with Crippen LogP contribution in [-0.4, -0.2) is 20.1 Å². The van der Waals surface area contributed by atoms with Gasteiger partial charge in [-0.25, -0.2) is 4.98 Å². The van der Waals surface area contributed by atoms with Gasteiger partial charge in [-0.1, -0.05) is 5.16 Å². The van der Waals surface area contributed by atoms with Crippen molar-refractivity contribution in [2.45, 2.75) is 6.92 Å². The minimum atomic E-state index is 0.414. The van der Waals surface area contributed by atoms with Gasteiger partial charge < -0.3 is 10.3 Å². The minimum absolute atomic E-state index is 0.414. The van der Waals surface area contributed by atoms with Crippen molar-refractivity contribution in [1.29, 1.82) is 0 Å².